The lowest BCUT2D eigenvalue weighted by Crippen LogP contribution is -2.36. The smallest absolute Gasteiger partial charge is 0.410 e. The minimum Gasteiger partial charge on any atom is -0.450 e. The van der Waals surface area contributed by atoms with Gasteiger partial charge < -0.3 is 14.2 Å². The van der Waals surface area contributed by atoms with Crippen LogP contribution in [0, 0.1) is 6.92 Å². The largest absolute Gasteiger partial charge is 0.450 e. The Morgan fingerprint density at radius 3 is 2.78 bits per heavy atom. The van der Waals surface area contributed by atoms with Crippen molar-refractivity contribution in [2.75, 3.05) is 13.2 Å². The van der Waals surface area contributed by atoms with Gasteiger partial charge in [0.15, 0.2) is 0 Å². The number of amides is 1. The van der Waals surface area contributed by atoms with Gasteiger partial charge in [-0.15, -0.1) is 0 Å². The molecule has 27 heavy (non-hydrogen) atoms. The molecule has 4 rings (SSSR count). The predicted molar refractivity (Wildman–Crippen MR) is 109 cm³/mol. The lowest BCUT2D eigenvalue weighted by molar-refractivity contribution is 0.102. The van der Waals surface area contributed by atoms with E-state index >= 15 is 0 Å². The zero-order valence-corrected chi connectivity index (χ0v) is 15.8. The predicted octanol–water partition coefficient (Wildman–Crippen LogP) is 5.09. The molecule has 4 nitrogen and oxygen atoms in total. The first kappa shape index (κ1) is 17.4. The van der Waals surface area contributed by atoms with Crippen LogP contribution in [0.2, 0.25) is 0 Å². The normalized spacial score (nSPS) is 13.9. The second kappa shape index (κ2) is 7.31. The summed E-state index contributed by atoms with van der Waals surface area (Å²) < 4.78 is 7.49. The number of hydrogen-bond acceptors (Lipinski definition) is 2. The summed E-state index contributed by atoms with van der Waals surface area (Å²) in [6, 6.07) is 16.8. The molecule has 1 aliphatic rings. The van der Waals surface area contributed by atoms with Crippen LogP contribution < -0.4 is 0 Å². The quantitative estimate of drug-likeness (QED) is 0.652. The molecule has 0 atom stereocenters. The van der Waals surface area contributed by atoms with E-state index in [1.54, 1.807) is 4.90 Å². The standard InChI is InChI=1S/C23H24N2O2/c1-3-27-23(26)24-13-12-22-20(16-24)19-15-17(2)9-10-21(19)25(22)14-11-18-7-5-4-6-8-18/h4-11,14-15H,3,12-13,16H2,1-2H3. The highest BCUT2D eigenvalue weighted by Crippen LogP contribution is 2.32. The molecule has 0 spiro atoms. The molecule has 1 aromatic heterocycles. The molecule has 0 saturated heterocycles. The summed E-state index contributed by atoms with van der Waals surface area (Å²) in [6.07, 6.45) is 4.88. The van der Waals surface area contributed by atoms with Gasteiger partial charge >= 0.3 is 6.09 Å². The number of aromatic nitrogens is 1. The molecule has 138 valence electrons. The van der Waals surface area contributed by atoms with Gasteiger partial charge in [0.2, 0.25) is 0 Å². The third-order valence-electron chi connectivity index (χ3n) is 5.08. The van der Waals surface area contributed by atoms with E-state index in [-0.39, 0.29) is 6.09 Å². The van der Waals surface area contributed by atoms with Crippen molar-refractivity contribution >= 4 is 29.3 Å². The van der Waals surface area contributed by atoms with Crippen LogP contribution in [0.25, 0.3) is 23.2 Å². The molecule has 0 unspecified atom stereocenters. The fourth-order valence-corrected chi connectivity index (χ4v) is 3.77. The Morgan fingerprint density at radius 2 is 2.00 bits per heavy atom. The van der Waals surface area contributed by atoms with Gasteiger partial charge in [0.1, 0.15) is 0 Å². The number of nitrogens with zero attached hydrogens (tertiary/aromatic N) is 2. The maximum Gasteiger partial charge on any atom is 0.410 e. The van der Waals surface area contributed by atoms with E-state index in [1.165, 1.54) is 33.3 Å². The van der Waals surface area contributed by atoms with Gasteiger partial charge in [-0.05, 0) is 37.6 Å². The summed E-state index contributed by atoms with van der Waals surface area (Å²) in [5.74, 6) is 0. The molecule has 0 N–H and O–H groups in total. The number of carbonyl (C=O) groups excluding carboxylic acids is 1. The molecule has 2 aromatic carbocycles. The van der Waals surface area contributed by atoms with Crippen molar-refractivity contribution in [1.29, 1.82) is 0 Å². The zero-order chi connectivity index (χ0) is 18.8. The molecule has 3 aromatic rings. The highest BCUT2D eigenvalue weighted by molar-refractivity contribution is 5.89. The van der Waals surface area contributed by atoms with Crippen LogP contribution in [0.1, 0.15) is 29.3 Å². The number of benzene rings is 2. The SMILES string of the molecule is CCOC(=O)N1CCc2c(c3cc(C)ccc3n2C=Cc2ccccc2)C1. The summed E-state index contributed by atoms with van der Waals surface area (Å²) in [6.45, 7) is 5.63. The van der Waals surface area contributed by atoms with Crippen molar-refractivity contribution in [3.8, 4) is 0 Å². The summed E-state index contributed by atoms with van der Waals surface area (Å²) >= 11 is 0. The Bertz CT molecular complexity index is 1000. The zero-order valence-electron chi connectivity index (χ0n) is 15.8. The number of rotatable bonds is 3. The van der Waals surface area contributed by atoms with Crippen molar-refractivity contribution in [1.82, 2.24) is 9.47 Å². The Hall–Kier alpha value is -3.01. The van der Waals surface area contributed by atoms with E-state index in [9.17, 15) is 4.79 Å². The maximum absolute atomic E-state index is 12.2. The van der Waals surface area contributed by atoms with Gasteiger partial charge in [0.05, 0.1) is 18.7 Å². The van der Waals surface area contributed by atoms with Crippen molar-refractivity contribution in [2.24, 2.45) is 0 Å². The molecule has 0 aliphatic carbocycles. The average Bonchev–Trinajstić information content (AvgIpc) is 2.99. The molecule has 0 saturated carbocycles. The van der Waals surface area contributed by atoms with Gasteiger partial charge in [0, 0.05) is 35.8 Å². The third kappa shape index (κ3) is 3.35. The monoisotopic (exact) mass is 360 g/mol. The Labute approximate surface area is 159 Å². The minimum absolute atomic E-state index is 0.225. The Morgan fingerprint density at radius 1 is 1.19 bits per heavy atom. The fraction of sp³-hybridized carbons (Fsp3) is 0.261. The van der Waals surface area contributed by atoms with Crippen LogP contribution in [0.15, 0.2) is 48.5 Å². The van der Waals surface area contributed by atoms with Gasteiger partial charge in [0.25, 0.3) is 0 Å². The van der Waals surface area contributed by atoms with Crippen LogP contribution in [-0.2, 0) is 17.7 Å². The maximum atomic E-state index is 12.2. The van der Waals surface area contributed by atoms with Gasteiger partial charge in [-0.2, -0.15) is 0 Å². The highest BCUT2D eigenvalue weighted by atomic mass is 16.6. The molecule has 0 fully saturated rings. The molecule has 2 heterocycles. The van der Waals surface area contributed by atoms with Crippen molar-refractivity contribution in [3.63, 3.8) is 0 Å². The minimum atomic E-state index is -0.225. The second-order valence-electron chi connectivity index (χ2n) is 6.91. The van der Waals surface area contributed by atoms with E-state index < -0.39 is 0 Å². The summed E-state index contributed by atoms with van der Waals surface area (Å²) in [5, 5.41) is 1.22. The van der Waals surface area contributed by atoms with Gasteiger partial charge in [-0.25, -0.2) is 4.79 Å². The number of aryl methyl sites for hydroxylation is 1. The lowest BCUT2D eigenvalue weighted by atomic mass is 10.0. The average molecular weight is 360 g/mol. The van der Waals surface area contributed by atoms with Crippen LogP contribution in [0.5, 0.6) is 0 Å². The summed E-state index contributed by atoms with van der Waals surface area (Å²) in [4.78, 5) is 14.0. The topological polar surface area (TPSA) is 34.5 Å². The van der Waals surface area contributed by atoms with Crippen LogP contribution >= 0.6 is 0 Å². The molecular formula is C23H24N2O2. The van der Waals surface area contributed by atoms with Gasteiger partial charge in [-0.1, -0.05) is 42.0 Å². The number of fused-ring (bicyclic) bond motifs is 3. The van der Waals surface area contributed by atoms with Gasteiger partial charge in [-0.3, -0.25) is 0 Å². The first-order valence-electron chi connectivity index (χ1n) is 9.44. The Balaban J connectivity index is 1.77. The van der Waals surface area contributed by atoms with Crippen LogP contribution in [-0.4, -0.2) is 28.7 Å². The highest BCUT2D eigenvalue weighted by Gasteiger charge is 2.26. The van der Waals surface area contributed by atoms with E-state index in [2.05, 4.69) is 54.1 Å². The molecule has 1 amide bonds. The van der Waals surface area contributed by atoms with E-state index in [1.807, 2.05) is 25.1 Å². The number of ether oxygens (including phenoxy) is 1. The molecule has 0 radical (unpaired) electrons. The molecule has 0 bridgehead atoms. The van der Waals surface area contributed by atoms with Crippen LogP contribution in [0.3, 0.4) is 0 Å². The van der Waals surface area contributed by atoms with Crippen molar-refractivity contribution < 1.29 is 9.53 Å². The lowest BCUT2D eigenvalue weighted by Gasteiger charge is -2.27. The van der Waals surface area contributed by atoms with Crippen molar-refractivity contribution in [3.05, 3.63) is 70.9 Å². The fourth-order valence-electron chi connectivity index (χ4n) is 3.77. The van der Waals surface area contributed by atoms with Crippen molar-refractivity contribution in [2.45, 2.75) is 26.8 Å². The summed E-state index contributed by atoms with van der Waals surface area (Å²) in [5.41, 5.74) is 6.09. The molecular weight excluding hydrogens is 336 g/mol. The first-order chi connectivity index (χ1) is 13.2. The first-order valence-corrected chi connectivity index (χ1v) is 9.44. The number of hydrogen-bond donors (Lipinski definition) is 0. The van der Waals surface area contributed by atoms with E-state index in [4.69, 9.17) is 4.74 Å². The molecule has 1 aliphatic heterocycles. The van der Waals surface area contributed by atoms with Crippen LogP contribution in [0.4, 0.5) is 4.79 Å². The third-order valence-corrected chi connectivity index (χ3v) is 5.08. The summed E-state index contributed by atoms with van der Waals surface area (Å²) in [7, 11) is 0. The Kier molecular flexibility index (Phi) is 4.71. The molecule has 4 heteroatoms. The van der Waals surface area contributed by atoms with E-state index in [0.717, 1.165) is 6.42 Å². The van der Waals surface area contributed by atoms with E-state index in [0.29, 0.717) is 19.7 Å². The second-order valence-corrected chi connectivity index (χ2v) is 6.91. The number of carbonyl (C=O) groups is 1.